The van der Waals surface area contributed by atoms with E-state index in [1.807, 2.05) is 13.8 Å². The first-order valence-corrected chi connectivity index (χ1v) is 6.35. The lowest BCUT2D eigenvalue weighted by atomic mass is 9.94. The van der Waals surface area contributed by atoms with Crippen molar-refractivity contribution in [2.75, 3.05) is 0 Å². The second-order valence-corrected chi connectivity index (χ2v) is 5.10. The molecule has 0 spiro atoms. The molecule has 1 N–H and O–H groups in total. The largest absolute Gasteiger partial charge is 0.393 e. The fraction of sp³-hybridized carbons (Fsp3) is 0.500. The highest BCUT2D eigenvalue weighted by Gasteiger charge is 2.19. The zero-order valence-corrected chi connectivity index (χ0v) is 11.5. The Balaban J connectivity index is 2.94. The summed E-state index contributed by atoms with van der Waals surface area (Å²) in [5, 5.41) is 20.6. The number of aliphatic hydroxyl groups excluding tert-OH is 1. The van der Waals surface area contributed by atoms with Crippen LogP contribution in [0.3, 0.4) is 0 Å². The Morgan fingerprint density at radius 2 is 2.18 bits per heavy atom. The lowest BCUT2D eigenvalue weighted by molar-refractivity contribution is -0.385. The third kappa shape index (κ3) is 3.78. The van der Waals surface area contributed by atoms with Crippen LogP contribution in [-0.2, 0) is 6.42 Å². The monoisotopic (exact) mass is 301 g/mol. The summed E-state index contributed by atoms with van der Waals surface area (Å²) in [5.41, 5.74) is 0.771. The molecule has 4 nitrogen and oxygen atoms in total. The quantitative estimate of drug-likeness (QED) is 0.670. The maximum absolute atomic E-state index is 10.9. The van der Waals surface area contributed by atoms with Crippen molar-refractivity contribution < 1.29 is 10.0 Å². The number of hydrogen-bond donors (Lipinski definition) is 1. The van der Waals surface area contributed by atoms with E-state index < -0.39 is 6.10 Å². The molecule has 17 heavy (non-hydrogen) atoms. The predicted octanol–water partition coefficient (Wildman–Crippen LogP) is 3.31. The molecule has 1 aromatic carbocycles. The van der Waals surface area contributed by atoms with Gasteiger partial charge in [-0.15, -0.1) is 0 Å². The molecule has 0 bridgehead atoms. The summed E-state index contributed by atoms with van der Waals surface area (Å²) in [6.07, 6.45) is 0.752. The normalized spacial score (nSPS) is 14.4. The van der Waals surface area contributed by atoms with Crippen LogP contribution in [0.2, 0.25) is 0 Å². The second-order valence-electron chi connectivity index (χ2n) is 4.19. The first-order valence-electron chi connectivity index (χ1n) is 5.56. The van der Waals surface area contributed by atoms with Gasteiger partial charge in [0.15, 0.2) is 0 Å². The Hall–Kier alpha value is -0.940. The van der Waals surface area contributed by atoms with Gasteiger partial charge in [-0.05, 0) is 24.8 Å². The first-order chi connectivity index (χ1) is 7.95. The van der Waals surface area contributed by atoms with Crippen LogP contribution in [0, 0.1) is 16.0 Å². The second kappa shape index (κ2) is 6.12. The molecule has 0 amide bonds. The molecule has 0 aliphatic rings. The number of nitro groups is 1. The van der Waals surface area contributed by atoms with Crippen LogP contribution >= 0.6 is 15.9 Å². The molecule has 5 heteroatoms. The molecule has 0 radical (unpaired) electrons. The van der Waals surface area contributed by atoms with E-state index in [0.717, 1.165) is 0 Å². The Morgan fingerprint density at radius 3 is 2.71 bits per heavy atom. The molecule has 1 aromatic rings. The number of nitrogens with zero attached hydrogens (tertiary/aromatic N) is 1. The molecule has 1 rings (SSSR count). The van der Waals surface area contributed by atoms with Crippen molar-refractivity contribution in [3.63, 3.8) is 0 Å². The zero-order valence-electron chi connectivity index (χ0n) is 9.89. The zero-order chi connectivity index (χ0) is 13.0. The molecular formula is C12H16BrNO3. The molecule has 0 fully saturated rings. The number of halogens is 1. The van der Waals surface area contributed by atoms with Crippen molar-refractivity contribution in [3.05, 3.63) is 38.3 Å². The number of benzene rings is 1. The molecule has 0 aliphatic carbocycles. The van der Waals surface area contributed by atoms with Crippen LogP contribution in [0.5, 0.6) is 0 Å². The fourth-order valence-corrected chi connectivity index (χ4v) is 2.11. The Morgan fingerprint density at radius 1 is 1.53 bits per heavy atom. The predicted molar refractivity (Wildman–Crippen MR) is 70.0 cm³/mol. The maximum Gasteiger partial charge on any atom is 0.273 e. The van der Waals surface area contributed by atoms with Gasteiger partial charge in [0, 0.05) is 16.1 Å². The van der Waals surface area contributed by atoms with E-state index in [0.29, 0.717) is 22.9 Å². The van der Waals surface area contributed by atoms with E-state index in [2.05, 4.69) is 15.9 Å². The number of rotatable bonds is 5. The third-order valence-corrected chi connectivity index (χ3v) is 3.35. The van der Waals surface area contributed by atoms with Gasteiger partial charge >= 0.3 is 0 Å². The Bertz CT molecular complexity index is 409. The van der Waals surface area contributed by atoms with Crippen molar-refractivity contribution in [2.24, 2.45) is 5.92 Å². The van der Waals surface area contributed by atoms with Crippen LogP contribution in [0.15, 0.2) is 22.7 Å². The van der Waals surface area contributed by atoms with Crippen LogP contribution in [0.1, 0.15) is 25.8 Å². The van der Waals surface area contributed by atoms with Gasteiger partial charge in [-0.25, -0.2) is 0 Å². The summed E-state index contributed by atoms with van der Waals surface area (Å²) in [5.74, 6) is 0.0138. The van der Waals surface area contributed by atoms with Crippen LogP contribution in [0.25, 0.3) is 0 Å². The lowest BCUT2D eigenvalue weighted by Gasteiger charge is -2.17. The van der Waals surface area contributed by atoms with Gasteiger partial charge in [0.2, 0.25) is 0 Å². The highest BCUT2D eigenvalue weighted by atomic mass is 79.9. The Labute approximate surface area is 109 Å². The highest BCUT2D eigenvalue weighted by Crippen LogP contribution is 2.26. The summed E-state index contributed by atoms with van der Waals surface area (Å²) in [6, 6.07) is 5.02. The minimum Gasteiger partial charge on any atom is -0.393 e. The SMILES string of the molecule is CCC(O)C(C)Cc1ccc(Br)cc1[N+](=O)[O-]. The standard InChI is InChI=1S/C12H16BrNO3/c1-3-12(15)8(2)6-9-4-5-10(13)7-11(9)14(16)17/h4-5,7-8,12,15H,3,6H2,1-2H3. The minimum absolute atomic E-state index is 0.0138. The topological polar surface area (TPSA) is 63.4 Å². The van der Waals surface area contributed by atoms with E-state index in [4.69, 9.17) is 0 Å². The molecule has 0 aromatic heterocycles. The highest BCUT2D eigenvalue weighted by molar-refractivity contribution is 9.10. The third-order valence-electron chi connectivity index (χ3n) is 2.86. The number of aliphatic hydroxyl groups is 1. The van der Waals surface area contributed by atoms with E-state index in [9.17, 15) is 15.2 Å². The molecular weight excluding hydrogens is 286 g/mol. The summed E-state index contributed by atoms with van der Waals surface area (Å²) in [7, 11) is 0. The van der Waals surface area contributed by atoms with Crippen molar-refractivity contribution in [3.8, 4) is 0 Å². The van der Waals surface area contributed by atoms with E-state index in [1.165, 1.54) is 6.07 Å². The smallest absolute Gasteiger partial charge is 0.273 e. The number of nitro benzene ring substituents is 1. The van der Waals surface area contributed by atoms with E-state index in [-0.39, 0.29) is 16.5 Å². The van der Waals surface area contributed by atoms with Gasteiger partial charge in [0.1, 0.15) is 0 Å². The van der Waals surface area contributed by atoms with Crippen LogP contribution in [0.4, 0.5) is 5.69 Å². The van der Waals surface area contributed by atoms with Gasteiger partial charge in [-0.3, -0.25) is 10.1 Å². The first kappa shape index (κ1) is 14.1. The maximum atomic E-state index is 10.9. The van der Waals surface area contributed by atoms with Gasteiger partial charge in [-0.2, -0.15) is 0 Å². The van der Waals surface area contributed by atoms with Gasteiger partial charge in [-0.1, -0.05) is 35.8 Å². The van der Waals surface area contributed by atoms with Crippen molar-refractivity contribution in [1.29, 1.82) is 0 Å². The molecule has 2 unspecified atom stereocenters. The molecule has 0 saturated heterocycles. The molecule has 0 aliphatic heterocycles. The van der Waals surface area contributed by atoms with Crippen molar-refractivity contribution >= 4 is 21.6 Å². The molecule has 0 heterocycles. The van der Waals surface area contributed by atoms with Gasteiger partial charge in [0.25, 0.3) is 5.69 Å². The minimum atomic E-state index is -0.418. The van der Waals surface area contributed by atoms with Crippen molar-refractivity contribution in [1.82, 2.24) is 0 Å². The van der Waals surface area contributed by atoms with E-state index in [1.54, 1.807) is 12.1 Å². The molecule has 94 valence electrons. The average Bonchev–Trinajstić information content (AvgIpc) is 2.29. The Kier molecular flexibility index (Phi) is 5.08. The molecule has 2 atom stereocenters. The average molecular weight is 302 g/mol. The number of hydrogen-bond acceptors (Lipinski definition) is 3. The van der Waals surface area contributed by atoms with Crippen molar-refractivity contribution in [2.45, 2.75) is 32.8 Å². The summed E-state index contributed by atoms with van der Waals surface area (Å²) < 4.78 is 0.691. The summed E-state index contributed by atoms with van der Waals surface area (Å²) in [4.78, 5) is 10.5. The van der Waals surface area contributed by atoms with Gasteiger partial charge < -0.3 is 5.11 Å². The molecule has 0 saturated carbocycles. The van der Waals surface area contributed by atoms with E-state index >= 15 is 0 Å². The summed E-state index contributed by atoms with van der Waals surface area (Å²) in [6.45, 7) is 3.80. The van der Waals surface area contributed by atoms with Crippen LogP contribution < -0.4 is 0 Å². The van der Waals surface area contributed by atoms with Gasteiger partial charge in [0.05, 0.1) is 11.0 Å². The summed E-state index contributed by atoms with van der Waals surface area (Å²) >= 11 is 3.22. The van der Waals surface area contributed by atoms with Crippen LogP contribution in [-0.4, -0.2) is 16.1 Å². The fourth-order valence-electron chi connectivity index (χ4n) is 1.76. The lowest BCUT2D eigenvalue weighted by Crippen LogP contribution is -2.19.